The molecule has 0 atom stereocenters. The van der Waals surface area contributed by atoms with Gasteiger partial charge in [-0.25, -0.2) is 4.68 Å². The molecule has 8 nitrogen and oxygen atoms in total. The van der Waals surface area contributed by atoms with Crippen LogP contribution in [0.15, 0.2) is 0 Å². The Morgan fingerprint density at radius 1 is 1.27 bits per heavy atom. The van der Waals surface area contributed by atoms with E-state index in [0.717, 1.165) is 49.5 Å². The number of unbranched alkanes of at least 4 members (excludes halogenated alkanes) is 2. The fourth-order valence-corrected chi connectivity index (χ4v) is 3.81. The van der Waals surface area contributed by atoms with Gasteiger partial charge >= 0.3 is 0 Å². The number of aromatic nitrogens is 5. The number of anilines is 1. The van der Waals surface area contributed by atoms with Crippen LogP contribution in [0.4, 0.5) is 5.13 Å². The molecule has 0 bridgehead atoms. The lowest BCUT2D eigenvalue weighted by atomic mass is 10.1. The lowest BCUT2D eigenvalue weighted by molar-refractivity contribution is 0.102. The van der Waals surface area contributed by atoms with Crippen LogP contribution in [-0.2, 0) is 6.42 Å². The summed E-state index contributed by atoms with van der Waals surface area (Å²) in [7, 11) is 0. The van der Waals surface area contributed by atoms with Gasteiger partial charge in [0, 0.05) is 6.42 Å². The van der Waals surface area contributed by atoms with Crippen molar-refractivity contribution in [2.75, 3.05) is 18.4 Å². The van der Waals surface area contributed by atoms with E-state index in [-0.39, 0.29) is 18.3 Å². The Morgan fingerprint density at radius 2 is 2.04 bits per heavy atom. The maximum absolute atomic E-state index is 12.5. The second kappa shape index (κ2) is 9.94. The van der Waals surface area contributed by atoms with Crippen LogP contribution in [0.1, 0.15) is 66.3 Å². The zero-order valence-electron chi connectivity index (χ0n) is 15.2. The molecular formula is C16H26ClN7OS. The highest BCUT2D eigenvalue weighted by atomic mass is 35.5. The Morgan fingerprint density at radius 3 is 2.77 bits per heavy atom. The van der Waals surface area contributed by atoms with Crippen molar-refractivity contribution in [3.63, 3.8) is 0 Å². The first kappa shape index (κ1) is 20.7. The molecule has 2 N–H and O–H groups in total. The largest absolute Gasteiger partial charge is 0.317 e. The summed E-state index contributed by atoms with van der Waals surface area (Å²) in [6.45, 7) is 6.01. The SMILES string of the molecule is CCCCCc1nnc(NC(=O)c2nnn(C3CCNCC3)c2C)s1.Cl. The van der Waals surface area contributed by atoms with E-state index in [2.05, 4.69) is 38.1 Å². The Hall–Kier alpha value is -1.58. The van der Waals surface area contributed by atoms with E-state index in [9.17, 15) is 4.79 Å². The number of carbonyl (C=O) groups is 1. The van der Waals surface area contributed by atoms with E-state index in [1.54, 1.807) is 0 Å². The molecule has 1 saturated heterocycles. The van der Waals surface area contributed by atoms with Crippen molar-refractivity contribution in [2.24, 2.45) is 0 Å². The Labute approximate surface area is 163 Å². The summed E-state index contributed by atoms with van der Waals surface area (Å²) in [5, 5.41) is 24.1. The number of rotatable bonds is 7. The first-order chi connectivity index (χ1) is 12.2. The lowest BCUT2D eigenvalue weighted by Gasteiger charge is -2.23. The van der Waals surface area contributed by atoms with Gasteiger partial charge in [-0.15, -0.1) is 27.7 Å². The molecule has 0 aliphatic carbocycles. The van der Waals surface area contributed by atoms with E-state index in [4.69, 9.17) is 0 Å². The van der Waals surface area contributed by atoms with Crippen LogP contribution in [0.25, 0.3) is 0 Å². The molecule has 1 amide bonds. The third-order valence-electron chi connectivity index (χ3n) is 4.48. The molecular weight excluding hydrogens is 374 g/mol. The van der Waals surface area contributed by atoms with Crippen LogP contribution < -0.4 is 10.6 Å². The van der Waals surface area contributed by atoms with Gasteiger partial charge in [0.15, 0.2) is 5.69 Å². The lowest BCUT2D eigenvalue weighted by Crippen LogP contribution is -2.30. The van der Waals surface area contributed by atoms with Gasteiger partial charge in [-0.1, -0.05) is 36.3 Å². The summed E-state index contributed by atoms with van der Waals surface area (Å²) >= 11 is 1.43. The molecule has 144 valence electrons. The highest BCUT2D eigenvalue weighted by Crippen LogP contribution is 2.22. The van der Waals surface area contributed by atoms with E-state index in [1.807, 2.05) is 11.6 Å². The summed E-state index contributed by atoms with van der Waals surface area (Å²) in [5.74, 6) is -0.269. The Bertz CT molecular complexity index is 711. The molecule has 0 saturated carbocycles. The topological polar surface area (TPSA) is 97.6 Å². The van der Waals surface area contributed by atoms with Crippen LogP contribution in [0.3, 0.4) is 0 Å². The predicted octanol–water partition coefficient (Wildman–Crippen LogP) is 2.77. The molecule has 0 unspecified atom stereocenters. The maximum atomic E-state index is 12.5. The number of nitrogens with one attached hydrogen (secondary N) is 2. The molecule has 10 heteroatoms. The number of hydrogen-bond donors (Lipinski definition) is 2. The normalized spacial score (nSPS) is 14.8. The van der Waals surface area contributed by atoms with Crippen molar-refractivity contribution in [1.82, 2.24) is 30.5 Å². The van der Waals surface area contributed by atoms with E-state index in [0.29, 0.717) is 16.9 Å². The number of piperidine rings is 1. The summed E-state index contributed by atoms with van der Waals surface area (Å²) in [6, 6.07) is 0.307. The van der Waals surface area contributed by atoms with Crippen LogP contribution in [0.5, 0.6) is 0 Å². The molecule has 0 radical (unpaired) electrons. The van der Waals surface area contributed by atoms with Crippen LogP contribution in [0, 0.1) is 6.92 Å². The molecule has 3 heterocycles. The molecule has 0 spiro atoms. The second-order valence-electron chi connectivity index (χ2n) is 6.36. The van der Waals surface area contributed by atoms with Gasteiger partial charge in [-0.3, -0.25) is 10.1 Å². The van der Waals surface area contributed by atoms with E-state index < -0.39 is 0 Å². The maximum Gasteiger partial charge on any atom is 0.279 e. The van der Waals surface area contributed by atoms with Crippen molar-refractivity contribution in [1.29, 1.82) is 0 Å². The average molecular weight is 400 g/mol. The number of aryl methyl sites for hydroxylation is 1. The van der Waals surface area contributed by atoms with Crippen LogP contribution >= 0.6 is 23.7 Å². The van der Waals surface area contributed by atoms with E-state index in [1.165, 1.54) is 24.2 Å². The third kappa shape index (κ3) is 4.99. The molecule has 26 heavy (non-hydrogen) atoms. The molecule has 1 aliphatic rings. The van der Waals surface area contributed by atoms with Gasteiger partial charge in [0.2, 0.25) is 5.13 Å². The smallest absolute Gasteiger partial charge is 0.279 e. The Balaban J connectivity index is 0.00000243. The predicted molar refractivity (Wildman–Crippen MR) is 104 cm³/mol. The number of carbonyl (C=O) groups excluding carboxylic acids is 1. The van der Waals surface area contributed by atoms with Crippen molar-refractivity contribution in [3.05, 3.63) is 16.4 Å². The monoisotopic (exact) mass is 399 g/mol. The van der Waals surface area contributed by atoms with Crippen molar-refractivity contribution < 1.29 is 4.79 Å². The molecule has 1 aliphatic heterocycles. The summed E-state index contributed by atoms with van der Waals surface area (Å²) < 4.78 is 1.88. The minimum absolute atomic E-state index is 0. The minimum Gasteiger partial charge on any atom is -0.317 e. The van der Waals surface area contributed by atoms with Gasteiger partial charge in [0.1, 0.15) is 5.01 Å². The fraction of sp³-hybridized carbons (Fsp3) is 0.688. The molecule has 2 aromatic rings. The van der Waals surface area contributed by atoms with Crippen molar-refractivity contribution in [3.8, 4) is 0 Å². The number of hydrogen-bond acceptors (Lipinski definition) is 7. The average Bonchev–Trinajstić information content (AvgIpc) is 3.22. The van der Waals surface area contributed by atoms with Gasteiger partial charge in [0.05, 0.1) is 11.7 Å². The molecule has 0 aromatic carbocycles. The van der Waals surface area contributed by atoms with Gasteiger partial charge in [-0.2, -0.15) is 0 Å². The van der Waals surface area contributed by atoms with Crippen molar-refractivity contribution >= 4 is 34.8 Å². The molecule has 3 rings (SSSR count). The van der Waals surface area contributed by atoms with Crippen LogP contribution in [-0.4, -0.2) is 44.2 Å². The second-order valence-corrected chi connectivity index (χ2v) is 7.42. The zero-order chi connectivity index (χ0) is 17.6. The first-order valence-corrected chi connectivity index (χ1v) is 9.77. The zero-order valence-corrected chi connectivity index (χ0v) is 16.8. The summed E-state index contributed by atoms with van der Waals surface area (Å²) in [4.78, 5) is 12.5. The van der Waals surface area contributed by atoms with Crippen molar-refractivity contribution in [2.45, 2.75) is 58.4 Å². The van der Waals surface area contributed by atoms with Gasteiger partial charge < -0.3 is 5.32 Å². The molecule has 2 aromatic heterocycles. The Kier molecular flexibility index (Phi) is 7.92. The van der Waals surface area contributed by atoms with E-state index >= 15 is 0 Å². The fourth-order valence-electron chi connectivity index (χ4n) is 3.04. The highest BCUT2D eigenvalue weighted by Gasteiger charge is 2.23. The standard InChI is InChI=1S/C16H25N7OS.ClH/c1-3-4-5-6-13-19-21-16(25-13)18-15(24)14-11(2)23(22-20-14)12-7-9-17-10-8-12;/h12,17H,3-10H2,1-2H3,(H,18,21,24);1H. The first-order valence-electron chi connectivity index (χ1n) is 8.95. The summed E-state index contributed by atoms with van der Waals surface area (Å²) in [5.41, 5.74) is 1.17. The van der Waals surface area contributed by atoms with Crippen LogP contribution in [0.2, 0.25) is 0 Å². The number of amides is 1. The van der Waals surface area contributed by atoms with Gasteiger partial charge in [0.25, 0.3) is 5.91 Å². The summed E-state index contributed by atoms with van der Waals surface area (Å²) in [6.07, 6.45) is 6.37. The van der Waals surface area contributed by atoms with Gasteiger partial charge in [-0.05, 0) is 39.3 Å². The molecule has 1 fully saturated rings. The minimum atomic E-state index is -0.269. The quantitative estimate of drug-likeness (QED) is 0.694. The third-order valence-corrected chi connectivity index (χ3v) is 5.38. The number of halogens is 1. The number of nitrogens with zero attached hydrogens (tertiary/aromatic N) is 5. The highest BCUT2D eigenvalue weighted by molar-refractivity contribution is 7.15.